The average molecular weight is 380 g/mol. The summed E-state index contributed by atoms with van der Waals surface area (Å²) in [6.07, 6.45) is 4.58. The smallest absolute Gasteiger partial charge is 0.253 e. The highest BCUT2D eigenvalue weighted by molar-refractivity contribution is 5.95. The first-order valence-electron chi connectivity index (χ1n) is 10.0. The molecular weight excluding hydrogens is 350 g/mol. The molecule has 0 atom stereocenters. The third-order valence-corrected chi connectivity index (χ3v) is 5.36. The van der Waals surface area contributed by atoms with Gasteiger partial charge in [-0.05, 0) is 68.1 Å². The average Bonchev–Trinajstić information content (AvgIpc) is 2.99. The first-order chi connectivity index (χ1) is 13.5. The maximum absolute atomic E-state index is 12.6. The molecule has 1 aliphatic heterocycles. The largest absolute Gasteiger partial charge is 0.376 e. The van der Waals surface area contributed by atoms with Crippen LogP contribution in [0.25, 0.3) is 0 Å². The Morgan fingerprint density at radius 3 is 2.29 bits per heavy atom. The Kier molecular flexibility index (Phi) is 6.69. The molecule has 0 aromatic heterocycles. The number of likely N-dealkylation sites (tertiary alicyclic amines) is 1. The van der Waals surface area contributed by atoms with E-state index in [1.54, 1.807) is 0 Å². The van der Waals surface area contributed by atoms with Crippen molar-refractivity contribution < 1.29 is 9.59 Å². The highest BCUT2D eigenvalue weighted by Crippen LogP contribution is 2.18. The number of benzene rings is 2. The summed E-state index contributed by atoms with van der Waals surface area (Å²) < 4.78 is 0. The second kappa shape index (κ2) is 9.40. The normalized spacial score (nSPS) is 14.3. The summed E-state index contributed by atoms with van der Waals surface area (Å²) in [6.45, 7) is 5.89. The van der Waals surface area contributed by atoms with Crippen LogP contribution in [-0.2, 0) is 4.79 Å². The van der Waals surface area contributed by atoms with Crippen molar-refractivity contribution in [1.29, 1.82) is 0 Å². The minimum absolute atomic E-state index is 0.0983. The molecule has 2 N–H and O–H groups in total. The van der Waals surface area contributed by atoms with E-state index in [9.17, 15) is 9.59 Å². The van der Waals surface area contributed by atoms with Crippen LogP contribution in [0.2, 0.25) is 0 Å². The van der Waals surface area contributed by atoms with Crippen LogP contribution >= 0.6 is 0 Å². The lowest BCUT2D eigenvalue weighted by Crippen LogP contribution is -2.31. The van der Waals surface area contributed by atoms with E-state index in [-0.39, 0.29) is 18.4 Å². The predicted molar refractivity (Wildman–Crippen MR) is 114 cm³/mol. The number of carbonyl (C=O) groups is 2. The summed E-state index contributed by atoms with van der Waals surface area (Å²) in [4.78, 5) is 26.8. The third kappa shape index (κ3) is 5.12. The van der Waals surface area contributed by atoms with Gasteiger partial charge in [0.2, 0.25) is 5.91 Å². The van der Waals surface area contributed by atoms with Crippen molar-refractivity contribution in [3.8, 4) is 0 Å². The topological polar surface area (TPSA) is 61.4 Å². The van der Waals surface area contributed by atoms with Gasteiger partial charge >= 0.3 is 0 Å². The molecule has 0 bridgehead atoms. The maximum Gasteiger partial charge on any atom is 0.253 e. The molecule has 1 aliphatic rings. The Hall–Kier alpha value is -2.82. The Labute approximate surface area is 167 Å². The van der Waals surface area contributed by atoms with E-state index in [0.717, 1.165) is 48.4 Å². The van der Waals surface area contributed by atoms with Gasteiger partial charge in [-0.25, -0.2) is 0 Å². The van der Waals surface area contributed by atoms with Crippen molar-refractivity contribution in [2.45, 2.75) is 39.5 Å². The fraction of sp³-hybridized carbons (Fsp3) is 0.391. The first-order valence-corrected chi connectivity index (χ1v) is 10.0. The van der Waals surface area contributed by atoms with Crippen LogP contribution in [0.5, 0.6) is 0 Å². The number of anilines is 2. The molecule has 0 radical (unpaired) electrons. The van der Waals surface area contributed by atoms with Crippen LogP contribution in [0.3, 0.4) is 0 Å². The van der Waals surface area contributed by atoms with Crippen LogP contribution in [0, 0.1) is 13.8 Å². The van der Waals surface area contributed by atoms with Gasteiger partial charge in [0.1, 0.15) is 0 Å². The molecule has 28 heavy (non-hydrogen) atoms. The van der Waals surface area contributed by atoms with Crippen molar-refractivity contribution in [3.63, 3.8) is 0 Å². The Morgan fingerprint density at radius 2 is 1.61 bits per heavy atom. The number of aryl methyl sites for hydroxylation is 1. The van der Waals surface area contributed by atoms with Gasteiger partial charge in [-0.15, -0.1) is 0 Å². The molecule has 2 aromatic carbocycles. The van der Waals surface area contributed by atoms with Crippen LogP contribution < -0.4 is 10.6 Å². The third-order valence-electron chi connectivity index (χ3n) is 5.36. The summed E-state index contributed by atoms with van der Waals surface area (Å²) >= 11 is 0. The number of amides is 2. The molecule has 1 saturated heterocycles. The van der Waals surface area contributed by atoms with E-state index in [4.69, 9.17) is 0 Å². The molecule has 0 spiro atoms. The van der Waals surface area contributed by atoms with Crippen LogP contribution in [0.4, 0.5) is 11.4 Å². The zero-order valence-electron chi connectivity index (χ0n) is 16.8. The minimum Gasteiger partial charge on any atom is -0.376 e. The van der Waals surface area contributed by atoms with E-state index >= 15 is 0 Å². The Bertz CT molecular complexity index is 822. The molecule has 0 saturated carbocycles. The van der Waals surface area contributed by atoms with Crippen molar-refractivity contribution in [2.24, 2.45) is 0 Å². The fourth-order valence-electron chi connectivity index (χ4n) is 3.45. The van der Waals surface area contributed by atoms with Crippen molar-refractivity contribution in [2.75, 3.05) is 30.3 Å². The zero-order valence-corrected chi connectivity index (χ0v) is 16.8. The van der Waals surface area contributed by atoms with Gasteiger partial charge in [0.25, 0.3) is 5.91 Å². The molecule has 2 amide bonds. The molecule has 1 fully saturated rings. The SMILES string of the molecule is Cc1cccc(NC(=O)CNc2ccc(C(=O)N3CCCCCC3)cc2)c1C. The maximum atomic E-state index is 12.6. The minimum atomic E-state index is -0.0987. The summed E-state index contributed by atoms with van der Waals surface area (Å²) in [5, 5.41) is 6.06. The van der Waals surface area contributed by atoms with Gasteiger partial charge in [-0.2, -0.15) is 0 Å². The second-order valence-corrected chi connectivity index (χ2v) is 7.43. The van der Waals surface area contributed by atoms with E-state index in [2.05, 4.69) is 10.6 Å². The lowest BCUT2D eigenvalue weighted by Gasteiger charge is -2.20. The molecule has 0 aliphatic carbocycles. The number of nitrogens with one attached hydrogen (secondary N) is 2. The monoisotopic (exact) mass is 379 g/mol. The number of carbonyl (C=O) groups excluding carboxylic acids is 2. The van der Waals surface area contributed by atoms with E-state index in [0.29, 0.717) is 5.56 Å². The first kappa shape index (κ1) is 19.9. The van der Waals surface area contributed by atoms with Gasteiger partial charge in [-0.3, -0.25) is 9.59 Å². The number of rotatable bonds is 5. The van der Waals surface area contributed by atoms with E-state index in [1.165, 1.54) is 12.8 Å². The van der Waals surface area contributed by atoms with Crippen LogP contribution in [0.1, 0.15) is 47.2 Å². The van der Waals surface area contributed by atoms with E-state index in [1.807, 2.05) is 61.2 Å². The molecule has 2 aromatic rings. The van der Waals surface area contributed by atoms with Gasteiger partial charge in [0, 0.05) is 30.0 Å². The fourth-order valence-corrected chi connectivity index (χ4v) is 3.45. The second-order valence-electron chi connectivity index (χ2n) is 7.43. The van der Waals surface area contributed by atoms with Crippen LogP contribution in [0.15, 0.2) is 42.5 Å². The van der Waals surface area contributed by atoms with Gasteiger partial charge in [0.05, 0.1) is 6.54 Å². The predicted octanol–water partition coefficient (Wildman–Crippen LogP) is 4.37. The van der Waals surface area contributed by atoms with Crippen LogP contribution in [-0.4, -0.2) is 36.3 Å². The Morgan fingerprint density at radius 1 is 0.929 bits per heavy atom. The van der Waals surface area contributed by atoms with Crippen molar-refractivity contribution in [3.05, 3.63) is 59.2 Å². The summed E-state index contributed by atoms with van der Waals surface area (Å²) in [5.74, 6) is -0.000430. The number of nitrogens with zero attached hydrogens (tertiary/aromatic N) is 1. The molecular formula is C23H29N3O2. The van der Waals surface area contributed by atoms with Crippen molar-refractivity contribution >= 4 is 23.2 Å². The summed E-state index contributed by atoms with van der Waals surface area (Å²) in [5.41, 5.74) is 4.59. The molecule has 5 heteroatoms. The molecule has 148 valence electrons. The summed E-state index contributed by atoms with van der Waals surface area (Å²) in [7, 11) is 0. The van der Waals surface area contributed by atoms with E-state index < -0.39 is 0 Å². The number of hydrogen-bond acceptors (Lipinski definition) is 3. The lowest BCUT2D eigenvalue weighted by atomic mass is 10.1. The molecule has 0 unspecified atom stereocenters. The zero-order chi connectivity index (χ0) is 19.9. The van der Waals surface area contributed by atoms with Gasteiger partial charge in [0.15, 0.2) is 0 Å². The highest BCUT2D eigenvalue weighted by Gasteiger charge is 2.17. The quantitative estimate of drug-likeness (QED) is 0.811. The lowest BCUT2D eigenvalue weighted by molar-refractivity contribution is -0.114. The summed E-state index contributed by atoms with van der Waals surface area (Å²) in [6, 6.07) is 13.2. The van der Waals surface area contributed by atoms with Gasteiger partial charge < -0.3 is 15.5 Å². The van der Waals surface area contributed by atoms with Crippen molar-refractivity contribution in [1.82, 2.24) is 4.90 Å². The number of hydrogen-bond donors (Lipinski definition) is 2. The molecule has 1 heterocycles. The van der Waals surface area contributed by atoms with Gasteiger partial charge in [-0.1, -0.05) is 25.0 Å². The highest BCUT2D eigenvalue weighted by atomic mass is 16.2. The standard InChI is InChI=1S/C23H29N3O2/c1-17-8-7-9-21(18(17)2)25-22(27)16-24-20-12-10-19(11-13-20)23(28)26-14-5-3-4-6-15-26/h7-13,24H,3-6,14-16H2,1-2H3,(H,25,27). The Balaban J connectivity index is 1.53. The molecule has 5 nitrogen and oxygen atoms in total. The molecule has 3 rings (SSSR count).